The Morgan fingerprint density at radius 1 is 1.22 bits per heavy atom. The van der Waals surface area contributed by atoms with Gasteiger partial charge in [-0.3, -0.25) is 4.79 Å². The number of benzene rings is 2. The van der Waals surface area contributed by atoms with Crippen molar-refractivity contribution >= 4 is 17.5 Å². The van der Waals surface area contributed by atoms with Gasteiger partial charge >= 0.3 is 0 Å². The minimum Gasteiger partial charge on any atom is -0.340 e. The van der Waals surface area contributed by atoms with Crippen LogP contribution in [0.4, 0.5) is 4.39 Å². The van der Waals surface area contributed by atoms with E-state index in [1.54, 1.807) is 58.4 Å². The molecule has 0 spiro atoms. The minimum atomic E-state index is -0.312. The van der Waals surface area contributed by atoms with Gasteiger partial charge in [-0.15, -0.1) is 0 Å². The summed E-state index contributed by atoms with van der Waals surface area (Å²) in [5, 5.41) is 0.599. The molecule has 0 aliphatic heterocycles. The summed E-state index contributed by atoms with van der Waals surface area (Å²) in [4.78, 5) is 18.7. The van der Waals surface area contributed by atoms with E-state index in [0.29, 0.717) is 22.8 Å². The summed E-state index contributed by atoms with van der Waals surface area (Å²) < 4.78 is 16.1. The summed E-state index contributed by atoms with van der Waals surface area (Å²) in [6, 6.07) is 11.9. The van der Waals surface area contributed by atoms with Gasteiger partial charge in [0.05, 0.1) is 6.33 Å². The fraction of sp³-hybridized carbons (Fsp3) is 0.238. The summed E-state index contributed by atoms with van der Waals surface area (Å²) in [6.07, 6.45) is 3.30. The van der Waals surface area contributed by atoms with Crippen LogP contribution >= 0.6 is 11.6 Å². The average Bonchev–Trinajstić information content (AvgIpc) is 3.07. The van der Waals surface area contributed by atoms with Gasteiger partial charge in [-0.2, -0.15) is 0 Å². The monoisotopic (exact) mass is 385 g/mol. The highest BCUT2D eigenvalue weighted by Gasteiger charge is 2.21. The van der Waals surface area contributed by atoms with E-state index in [-0.39, 0.29) is 17.8 Å². The third-order valence-electron chi connectivity index (χ3n) is 4.35. The molecule has 27 heavy (non-hydrogen) atoms. The third-order valence-corrected chi connectivity index (χ3v) is 4.60. The molecule has 0 atom stereocenters. The Morgan fingerprint density at radius 3 is 2.52 bits per heavy atom. The summed E-state index contributed by atoms with van der Waals surface area (Å²) in [7, 11) is 1.82. The first-order chi connectivity index (χ1) is 12.8. The number of halogens is 2. The number of rotatable bonds is 5. The Hall–Kier alpha value is -2.66. The van der Waals surface area contributed by atoms with Crippen molar-refractivity contribution in [3.8, 4) is 11.1 Å². The Bertz CT molecular complexity index is 950. The van der Waals surface area contributed by atoms with Crippen LogP contribution in [0.5, 0.6) is 0 Å². The van der Waals surface area contributed by atoms with Crippen molar-refractivity contribution < 1.29 is 9.18 Å². The summed E-state index contributed by atoms with van der Waals surface area (Å²) >= 11 is 5.92. The Kier molecular flexibility index (Phi) is 5.61. The molecule has 0 fully saturated rings. The lowest BCUT2D eigenvalue weighted by Gasteiger charge is -2.26. The maximum Gasteiger partial charge on any atom is 0.274 e. The first-order valence-corrected chi connectivity index (χ1v) is 9.06. The highest BCUT2D eigenvalue weighted by molar-refractivity contribution is 6.30. The molecule has 1 amide bonds. The molecule has 3 rings (SSSR count). The average molecular weight is 386 g/mol. The fourth-order valence-corrected chi connectivity index (χ4v) is 3.00. The predicted octanol–water partition coefficient (Wildman–Crippen LogP) is 4.93. The number of carbonyl (C=O) groups excluding carboxylic acids is 1. The van der Waals surface area contributed by atoms with E-state index in [1.807, 2.05) is 20.9 Å². The lowest BCUT2D eigenvalue weighted by Crippen LogP contribution is -2.36. The number of hydrogen-bond donors (Lipinski definition) is 0. The van der Waals surface area contributed by atoms with Gasteiger partial charge in [0.25, 0.3) is 5.91 Å². The zero-order valence-electron chi connectivity index (χ0n) is 15.5. The standard InChI is InChI=1S/C21H21ClFN3O/c1-14(2)26(21(27)20-12-25(3)13-24-20)11-15-4-9-19(23)18(10-15)16-5-7-17(22)8-6-16/h4-10,12-14H,11H2,1-3H3. The molecule has 1 aromatic heterocycles. The lowest BCUT2D eigenvalue weighted by atomic mass is 10.0. The smallest absolute Gasteiger partial charge is 0.274 e. The van der Waals surface area contributed by atoms with Gasteiger partial charge in [-0.25, -0.2) is 9.37 Å². The molecule has 4 nitrogen and oxygen atoms in total. The molecule has 6 heteroatoms. The van der Waals surface area contributed by atoms with Gasteiger partial charge in [0.2, 0.25) is 0 Å². The largest absolute Gasteiger partial charge is 0.340 e. The van der Waals surface area contributed by atoms with Crippen molar-refractivity contribution in [1.29, 1.82) is 0 Å². The van der Waals surface area contributed by atoms with Gasteiger partial charge in [0, 0.05) is 36.4 Å². The summed E-state index contributed by atoms with van der Waals surface area (Å²) in [5.41, 5.74) is 2.47. The molecule has 140 valence electrons. The molecule has 0 aliphatic carbocycles. The minimum absolute atomic E-state index is 0.0245. The first-order valence-electron chi connectivity index (χ1n) is 8.68. The number of hydrogen-bond acceptors (Lipinski definition) is 2. The van der Waals surface area contributed by atoms with E-state index >= 15 is 0 Å². The number of aryl methyl sites for hydroxylation is 1. The Labute approximate surface area is 163 Å². The molecule has 1 heterocycles. The number of nitrogens with zero attached hydrogens (tertiary/aromatic N) is 3. The van der Waals surface area contributed by atoms with Crippen LogP contribution in [0.15, 0.2) is 55.0 Å². The number of amides is 1. The second kappa shape index (κ2) is 7.92. The Morgan fingerprint density at radius 2 is 1.93 bits per heavy atom. The Balaban J connectivity index is 1.89. The van der Waals surface area contributed by atoms with Gasteiger partial charge in [-0.1, -0.05) is 29.8 Å². The van der Waals surface area contributed by atoms with Crippen LogP contribution < -0.4 is 0 Å². The van der Waals surface area contributed by atoms with Crippen LogP contribution in [0.1, 0.15) is 29.9 Å². The van der Waals surface area contributed by atoms with E-state index in [2.05, 4.69) is 4.98 Å². The van der Waals surface area contributed by atoms with E-state index in [4.69, 9.17) is 11.6 Å². The molecular formula is C21H21ClFN3O. The van der Waals surface area contributed by atoms with Crippen LogP contribution in [-0.2, 0) is 13.6 Å². The molecule has 0 N–H and O–H groups in total. The van der Waals surface area contributed by atoms with E-state index in [0.717, 1.165) is 11.1 Å². The molecule has 0 unspecified atom stereocenters. The SMILES string of the molecule is CC(C)N(Cc1ccc(F)c(-c2ccc(Cl)cc2)c1)C(=O)c1cn(C)cn1. The zero-order valence-corrected chi connectivity index (χ0v) is 16.2. The molecule has 0 radical (unpaired) electrons. The van der Waals surface area contributed by atoms with Crippen LogP contribution in [0, 0.1) is 5.82 Å². The first kappa shape index (κ1) is 19.1. The van der Waals surface area contributed by atoms with Gasteiger partial charge in [0.15, 0.2) is 0 Å². The molecule has 0 aliphatic rings. The van der Waals surface area contributed by atoms with E-state index in [1.165, 1.54) is 6.07 Å². The predicted molar refractivity (Wildman–Crippen MR) is 105 cm³/mol. The lowest BCUT2D eigenvalue weighted by molar-refractivity contribution is 0.0684. The van der Waals surface area contributed by atoms with Gasteiger partial charge < -0.3 is 9.47 Å². The highest BCUT2D eigenvalue weighted by Crippen LogP contribution is 2.26. The van der Waals surface area contributed by atoms with Crippen LogP contribution in [0.25, 0.3) is 11.1 Å². The molecule has 0 bridgehead atoms. The van der Waals surface area contributed by atoms with E-state index in [9.17, 15) is 9.18 Å². The molecule has 2 aromatic carbocycles. The van der Waals surface area contributed by atoms with E-state index < -0.39 is 0 Å². The van der Waals surface area contributed by atoms with Crippen molar-refractivity contribution in [1.82, 2.24) is 14.5 Å². The van der Waals surface area contributed by atoms with Gasteiger partial charge in [0.1, 0.15) is 11.5 Å². The fourth-order valence-electron chi connectivity index (χ4n) is 2.88. The maximum absolute atomic E-state index is 14.4. The summed E-state index contributed by atoms with van der Waals surface area (Å²) in [5.74, 6) is -0.462. The van der Waals surface area contributed by atoms with Crippen LogP contribution in [0.3, 0.4) is 0 Å². The molecule has 0 saturated heterocycles. The quantitative estimate of drug-likeness (QED) is 0.624. The third kappa shape index (κ3) is 4.37. The topological polar surface area (TPSA) is 38.1 Å². The second-order valence-corrected chi connectivity index (χ2v) is 7.21. The van der Waals surface area contributed by atoms with Crippen LogP contribution in [-0.4, -0.2) is 26.4 Å². The van der Waals surface area contributed by atoms with Crippen molar-refractivity contribution in [2.24, 2.45) is 7.05 Å². The normalized spacial score (nSPS) is 11.0. The van der Waals surface area contributed by atoms with Crippen molar-refractivity contribution in [2.75, 3.05) is 0 Å². The van der Waals surface area contributed by atoms with Crippen molar-refractivity contribution in [3.05, 3.63) is 77.1 Å². The summed E-state index contributed by atoms with van der Waals surface area (Å²) in [6.45, 7) is 4.27. The number of aromatic nitrogens is 2. The van der Waals surface area contributed by atoms with Crippen molar-refractivity contribution in [2.45, 2.75) is 26.4 Å². The van der Waals surface area contributed by atoms with Crippen molar-refractivity contribution in [3.63, 3.8) is 0 Å². The van der Waals surface area contributed by atoms with Crippen LogP contribution in [0.2, 0.25) is 5.02 Å². The maximum atomic E-state index is 14.4. The number of carbonyl (C=O) groups is 1. The number of imidazole rings is 1. The van der Waals surface area contributed by atoms with Gasteiger partial charge in [-0.05, 0) is 49.2 Å². The zero-order chi connectivity index (χ0) is 19.6. The molecule has 0 saturated carbocycles. The highest BCUT2D eigenvalue weighted by atomic mass is 35.5. The molecule has 3 aromatic rings. The molecular weight excluding hydrogens is 365 g/mol. The second-order valence-electron chi connectivity index (χ2n) is 6.77.